The van der Waals surface area contributed by atoms with Gasteiger partial charge < -0.3 is 19.1 Å². The van der Waals surface area contributed by atoms with Crippen LogP contribution in [0.25, 0.3) is 0 Å². The van der Waals surface area contributed by atoms with Crippen molar-refractivity contribution in [1.29, 1.82) is 0 Å². The second-order valence-electron chi connectivity index (χ2n) is 11.2. The van der Waals surface area contributed by atoms with Gasteiger partial charge in [-0.05, 0) is 75.8 Å². The van der Waals surface area contributed by atoms with Crippen molar-refractivity contribution in [1.82, 2.24) is 0 Å². The molecule has 42 heavy (non-hydrogen) atoms. The summed E-state index contributed by atoms with van der Waals surface area (Å²) in [6.07, 6.45) is 0. The monoisotopic (exact) mass is 537 g/mol. The molecule has 0 spiro atoms. The summed E-state index contributed by atoms with van der Waals surface area (Å²) in [6.45, 7) is 0.0274. The topological polar surface area (TPSA) is 30.9 Å². The van der Waals surface area contributed by atoms with Gasteiger partial charge in [-0.2, -0.15) is 0 Å². The van der Waals surface area contributed by atoms with E-state index in [-0.39, 0.29) is 13.4 Å². The molecular weight excluding hydrogens is 516 g/mol. The zero-order valence-corrected chi connectivity index (χ0v) is 22.5. The summed E-state index contributed by atoms with van der Waals surface area (Å²) >= 11 is 0. The van der Waals surface area contributed by atoms with Crippen molar-refractivity contribution in [2.45, 2.75) is 0 Å². The zero-order chi connectivity index (χ0) is 27.4. The van der Waals surface area contributed by atoms with Crippen LogP contribution in [0.15, 0.2) is 127 Å². The molecule has 0 unspecified atom stereocenters. The molecule has 0 bridgehead atoms. The van der Waals surface area contributed by atoms with Gasteiger partial charge in [0.1, 0.15) is 34.5 Å². The Labute approximate surface area is 243 Å². The van der Waals surface area contributed by atoms with Gasteiger partial charge in [-0.1, -0.05) is 72.8 Å². The average Bonchev–Trinajstić information content (AvgIpc) is 3.04. The second kappa shape index (κ2) is 8.11. The highest BCUT2D eigenvalue weighted by atomic mass is 16.5. The Hall–Kier alpha value is -5.35. The minimum absolute atomic E-state index is 0.00601. The van der Waals surface area contributed by atoms with Crippen molar-refractivity contribution in [2.75, 3.05) is 4.90 Å². The van der Waals surface area contributed by atoms with Crippen LogP contribution in [0.3, 0.4) is 0 Å². The average molecular weight is 537 g/mol. The van der Waals surface area contributed by atoms with Gasteiger partial charge in [0.05, 0.1) is 0 Å². The number of para-hydroxylation sites is 3. The molecular formula is C36H21B2NO3. The molecule has 0 fully saturated rings. The Bertz CT molecular complexity index is 2110. The molecule has 4 heterocycles. The van der Waals surface area contributed by atoms with E-state index in [1.165, 1.54) is 16.6 Å². The van der Waals surface area contributed by atoms with Crippen molar-refractivity contribution in [3.8, 4) is 34.5 Å². The summed E-state index contributed by atoms with van der Waals surface area (Å²) in [7, 11) is 0. The maximum atomic E-state index is 6.72. The molecule has 0 aromatic heterocycles. The first-order valence-electron chi connectivity index (χ1n) is 14.3. The molecule has 6 aromatic rings. The predicted molar refractivity (Wildman–Crippen MR) is 170 cm³/mol. The third kappa shape index (κ3) is 2.88. The molecule has 0 amide bonds. The van der Waals surface area contributed by atoms with E-state index in [0.29, 0.717) is 0 Å². The van der Waals surface area contributed by atoms with E-state index >= 15 is 0 Å². The smallest absolute Gasteiger partial charge is 0.260 e. The summed E-state index contributed by atoms with van der Waals surface area (Å²) in [4.78, 5) is 2.36. The zero-order valence-electron chi connectivity index (χ0n) is 22.5. The highest BCUT2D eigenvalue weighted by Gasteiger charge is 2.45. The standard InChI is InChI=1S/C36H21B2NO3/c1-2-10-22(11-3-1)39-27-14-6-4-12-23(27)37-25-20-26-34(21-33(25)41-30-17-8-15-28(39)35(30)37)42-32-19-9-18-31-36(32)38(26)24-13-5-7-16-29(24)40-31/h1-21H. The molecule has 0 saturated heterocycles. The maximum Gasteiger partial charge on any atom is 0.260 e. The Kier molecular flexibility index (Phi) is 4.32. The highest BCUT2D eigenvalue weighted by Crippen LogP contribution is 2.42. The molecule has 4 nitrogen and oxygen atoms in total. The molecule has 0 radical (unpaired) electrons. The molecule has 0 aliphatic carbocycles. The van der Waals surface area contributed by atoms with Gasteiger partial charge in [0.2, 0.25) is 0 Å². The fourth-order valence-electron chi connectivity index (χ4n) is 7.36. The summed E-state index contributed by atoms with van der Waals surface area (Å²) < 4.78 is 19.7. The Morgan fingerprint density at radius 1 is 0.381 bits per heavy atom. The minimum Gasteiger partial charge on any atom is -0.458 e. The number of benzene rings is 6. The number of ether oxygens (including phenoxy) is 3. The first-order valence-corrected chi connectivity index (χ1v) is 14.3. The molecule has 0 atom stereocenters. The van der Waals surface area contributed by atoms with Crippen LogP contribution in [0.5, 0.6) is 34.5 Å². The van der Waals surface area contributed by atoms with Crippen molar-refractivity contribution >= 4 is 63.3 Å². The lowest BCUT2D eigenvalue weighted by atomic mass is 9.31. The van der Waals surface area contributed by atoms with Gasteiger partial charge in [-0.25, -0.2) is 0 Å². The third-order valence-electron chi connectivity index (χ3n) is 9.04. The van der Waals surface area contributed by atoms with Crippen molar-refractivity contribution in [2.24, 2.45) is 0 Å². The summed E-state index contributed by atoms with van der Waals surface area (Å²) in [5, 5.41) is 0. The Morgan fingerprint density at radius 3 is 1.71 bits per heavy atom. The number of anilines is 3. The first kappa shape index (κ1) is 22.4. The largest absolute Gasteiger partial charge is 0.458 e. The lowest BCUT2D eigenvalue weighted by molar-refractivity contribution is 0.456. The molecule has 6 aromatic carbocycles. The fourth-order valence-corrected chi connectivity index (χ4v) is 7.36. The second-order valence-corrected chi connectivity index (χ2v) is 11.2. The third-order valence-corrected chi connectivity index (χ3v) is 9.04. The number of hydrogen-bond donors (Lipinski definition) is 0. The quantitative estimate of drug-likeness (QED) is 0.281. The predicted octanol–water partition coefficient (Wildman–Crippen LogP) is 4.82. The minimum atomic E-state index is 0.00601. The first-order chi connectivity index (χ1) is 20.8. The van der Waals surface area contributed by atoms with Gasteiger partial charge >= 0.3 is 0 Å². The summed E-state index contributed by atoms with van der Waals surface area (Å²) in [5.41, 5.74) is 10.4. The van der Waals surface area contributed by atoms with Gasteiger partial charge in [-0.3, -0.25) is 0 Å². The van der Waals surface area contributed by atoms with Gasteiger partial charge in [-0.15, -0.1) is 0 Å². The van der Waals surface area contributed by atoms with Crippen LogP contribution >= 0.6 is 0 Å². The van der Waals surface area contributed by atoms with Gasteiger partial charge in [0.15, 0.2) is 0 Å². The Balaban J connectivity index is 1.23. The van der Waals surface area contributed by atoms with Crippen LogP contribution in [0, 0.1) is 0 Å². The van der Waals surface area contributed by atoms with E-state index in [0.717, 1.165) is 67.7 Å². The normalized spacial score (nSPS) is 14.1. The van der Waals surface area contributed by atoms with Crippen LogP contribution in [0.2, 0.25) is 0 Å². The van der Waals surface area contributed by atoms with E-state index in [2.05, 4.69) is 108 Å². The van der Waals surface area contributed by atoms with Crippen LogP contribution in [0.1, 0.15) is 0 Å². The highest BCUT2D eigenvalue weighted by molar-refractivity contribution is 7.01. The molecule has 4 aliphatic heterocycles. The van der Waals surface area contributed by atoms with E-state index in [1.54, 1.807) is 0 Å². The fraction of sp³-hybridized carbons (Fsp3) is 0. The molecule has 4 aliphatic rings. The molecule has 6 heteroatoms. The van der Waals surface area contributed by atoms with Crippen molar-refractivity contribution in [3.63, 3.8) is 0 Å². The van der Waals surface area contributed by atoms with E-state index in [4.69, 9.17) is 14.2 Å². The van der Waals surface area contributed by atoms with E-state index in [1.807, 2.05) is 24.3 Å². The SMILES string of the molecule is c1ccc(N2c3ccccc3B3c4cc5c(cc4Oc4cccc2c43)Oc2cccc3c2B5c2ccccc2O3)cc1. The van der Waals surface area contributed by atoms with Crippen LogP contribution in [-0.2, 0) is 0 Å². The van der Waals surface area contributed by atoms with Crippen LogP contribution in [0.4, 0.5) is 17.1 Å². The van der Waals surface area contributed by atoms with Gasteiger partial charge in [0, 0.05) is 28.6 Å². The van der Waals surface area contributed by atoms with Gasteiger partial charge in [0.25, 0.3) is 13.4 Å². The molecule has 0 saturated carbocycles. The molecule has 194 valence electrons. The number of fused-ring (bicyclic) bond motifs is 8. The molecule has 10 rings (SSSR count). The van der Waals surface area contributed by atoms with Crippen molar-refractivity contribution < 1.29 is 14.2 Å². The van der Waals surface area contributed by atoms with Crippen LogP contribution in [-0.4, -0.2) is 13.4 Å². The van der Waals surface area contributed by atoms with E-state index in [9.17, 15) is 0 Å². The van der Waals surface area contributed by atoms with Crippen LogP contribution < -0.4 is 51.9 Å². The number of hydrogen-bond acceptors (Lipinski definition) is 4. The summed E-state index contributed by atoms with van der Waals surface area (Å²) in [5.74, 6) is 5.13. The Morgan fingerprint density at radius 2 is 0.929 bits per heavy atom. The molecule has 0 N–H and O–H groups in total. The summed E-state index contributed by atoms with van der Waals surface area (Å²) in [6, 6.07) is 44.6. The lowest BCUT2D eigenvalue weighted by Crippen LogP contribution is -2.62. The van der Waals surface area contributed by atoms with E-state index < -0.39 is 0 Å². The maximum absolute atomic E-state index is 6.72. The lowest BCUT2D eigenvalue weighted by Gasteiger charge is -2.40. The number of rotatable bonds is 1. The van der Waals surface area contributed by atoms with Crippen molar-refractivity contribution in [3.05, 3.63) is 127 Å². The number of nitrogens with zero attached hydrogens (tertiary/aromatic N) is 1.